The Labute approximate surface area is 104 Å². The van der Waals surface area contributed by atoms with E-state index in [1.165, 1.54) is 17.4 Å². The average molecular weight is 324 g/mol. The number of sulfonamides is 1. The molecule has 0 aliphatic carbocycles. The van der Waals surface area contributed by atoms with E-state index in [9.17, 15) is 8.42 Å². The lowest BCUT2D eigenvalue weighted by Gasteiger charge is -1.90. The molecule has 2 N–H and O–H groups in total. The normalized spacial score (nSPS) is 11.9. The Morgan fingerprint density at radius 2 is 1.67 bits per heavy atom. The molecular weight excluding hydrogens is 318 g/mol. The molecule has 7 heteroatoms. The first-order valence-electron chi connectivity index (χ1n) is 3.85. The van der Waals surface area contributed by atoms with Gasteiger partial charge in [-0.1, -0.05) is 0 Å². The zero-order valence-electron chi connectivity index (χ0n) is 7.31. The Balaban J connectivity index is 2.44. The van der Waals surface area contributed by atoms with Gasteiger partial charge < -0.3 is 0 Å². The molecule has 15 heavy (non-hydrogen) atoms. The topological polar surface area (TPSA) is 60.2 Å². The zero-order valence-corrected chi connectivity index (χ0v) is 11.3. The summed E-state index contributed by atoms with van der Waals surface area (Å²) in [5.41, 5.74) is 0. The van der Waals surface area contributed by atoms with Crippen molar-refractivity contribution in [1.29, 1.82) is 0 Å². The van der Waals surface area contributed by atoms with Gasteiger partial charge in [0.1, 0.15) is 4.21 Å². The monoisotopic (exact) mass is 323 g/mol. The van der Waals surface area contributed by atoms with Crippen molar-refractivity contribution in [3.8, 4) is 9.75 Å². The van der Waals surface area contributed by atoms with Crippen molar-refractivity contribution in [2.75, 3.05) is 0 Å². The molecule has 0 saturated carbocycles. The van der Waals surface area contributed by atoms with Crippen LogP contribution in [0.1, 0.15) is 0 Å². The van der Waals surface area contributed by atoms with Crippen LogP contribution in [-0.2, 0) is 10.0 Å². The van der Waals surface area contributed by atoms with Crippen molar-refractivity contribution in [3.05, 3.63) is 28.1 Å². The van der Waals surface area contributed by atoms with Crippen molar-refractivity contribution in [3.63, 3.8) is 0 Å². The summed E-state index contributed by atoms with van der Waals surface area (Å²) < 4.78 is 23.3. The minimum Gasteiger partial charge on any atom is -0.224 e. The van der Waals surface area contributed by atoms with Crippen LogP contribution in [0.2, 0.25) is 0 Å². The second-order valence-electron chi connectivity index (χ2n) is 2.77. The lowest BCUT2D eigenvalue weighted by atomic mass is 10.4. The maximum Gasteiger partial charge on any atom is 0.247 e. The lowest BCUT2D eigenvalue weighted by molar-refractivity contribution is 0.600. The van der Waals surface area contributed by atoms with Gasteiger partial charge in [0.05, 0.1) is 3.79 Å². The van der Waals surface area contributed by atoms with Gasteiger partial charge in [-0.15, -0.1) is 22.7 Å². The van der Waals surface area contributed by atoms with Crippen LogP contribution in [0.5, 0.6) is 0 Å². The quantitative estimate of drug-likeness (QED) is 0.923. The highest BCUT2D eigenvalue weighted by atomic mass is 79.9. The van der Waals surface area contributed by atoms with Gasteiger partial charge in [0.2, 0.25) is 10.0 Å². The molecule has 0 fully saturated rings. The molecule has 2 heterocycles. The predicted octanol–water partition coefficient (Wildman–Crippen LogP) is 2.89. The van der Waals surface area contributed by atoms with Gasteiger partial charge in [-0.05, 0) is 40.2 Å². The molecule has 0 bridgehead atoms. The van der Waals surface area contributed by atoms with Gasteiger partial charge in [-0.25, -0.2) is 13.6 Å². The number of rotatable bonds is 2. The van der Waals surface area contributed by atoms with Crippen LogP contribution in [0.25, 0.3) is 9.75 Å². The van der Waals surface area contributed by atoms with Crippen molar-refractivity contribution in [1.82, 2.24) is 0 Å². The molecular formula is C8H6BrNO2S3. The molecule has 0 unspecified atom stereocenters. The standard InChI is InChI=1S/C8H6BrNO2S3/c9-7-3-1-5(13-7)6-2-4-8(14-6)15(10,11)12/h1-4H,(H2,10,11,12). The zero-order chi connectivity index (χ0) is 11.1. The van der Waals surface area contributed by atoms with Crippen LogP contribution in [0, 0.1) is 0 Å². The summed E-state index contributed by atoms with van der Waals surface area (Å²) in [4.78, 5) is 1.94. The highest BCUT2D eigenvalue weighted by Gasteiger charge is 2.12. The summed E-state index contributed by atoms with van der Waals surface area (Å²) in [5.74, 6) is 0. The third-order valence-electron chi connectivity index (χ3n) is 1.68. The Hall–Kier alpha value is -0.210. The first-order valence-corrected chi connectivity index (χ1v) is 7.82. The summed E-state index contributed by atoms with van der Waals surface area (Å²) in [6.07, 6.45) is 0. The van der Waals surface area contributed by atoms with Crippen LogP contribution in [0.15, 0.2) is 32.3 Å². The molecule has 3 nitrogen and oxygen atoms in total. The van der Waals surface area contributed by atoms with E-state index in [0.29, 0.717) is 0 Å². The first-order chi connectivity index (χ1) is 6.97. The van der Waals surface area contributed by atoms with Crippen molar-refractivity contribution >= 4 is 48.6 Å². The molecule has 2 aromatic rings. The third kappa shape index (κ3) is 2.48. The van der Waals surface area contributed by atoms with Crippen molar-refractivity contribution in [2.45, 2.75) is 4.21 Å². The fourth-order valence-electron chi connectivity index (χ4n) is 1.05. The summed E-state index contributed by atoms with van der Waals surface area (Å²) in [6.45, 7) is 0. The van der Waals surface area contributed by atoms with Crippen LogP contribution in [0.3, 0.4) is 0 Å². The molecule has 0 saturated heterocycles. The minimum atomic E-state index is -3.57. The first kappa shape index (κ1) is 11.3. The Kier molecular flexibility index (Phi) is 3.00. The second-order valence-corrected chi connectivity index (χ2v) is 8.10. The molecule has 2 rings (SSSR count). The average Bonchev–Trinajstić information content (AvgIpc) is 2.69. The van der Waals surface area contributed by atoms with E-state index in [1.807, 2.05) is 12.1 Å². The van der Waals surface area contributed by atoms with E-state index in [1.54, 1.807) is 17.4 Å². The summed E-state index contributed by atoms with van der Waals surface area (Å²) in [6, 6.07) is 7.16. The maximum absolute atomic E-state index is 11.1. The Morgan fingerprint density at radius 1 is 1.07 bits per heavy atom. The third-order valence-corrected chi connectivity index (χ3v) is 6.02. The highest BCUT2D eigenvalue weighted by molar-refractivity contribution is 9.11. The van der Waals surface area contributed by atoms with E-state index in [0.717, 1.165) is 13.5 Å². The van der Waals surface area contributed by atoms with E-state index < -0.39 is 10.0 Å². The summed E-state index contributed by atoms with van der Waals surface area (Å²) in [5, 5.41) is 5.03. The number of hydrogen-bond donors (Lipinski definition) is 1. The fourth-order valence-corrected chi connectivity index (χ4v) is 4.26. The molecule has 0 aliphatic rings. The lowest BCUT2D eigenvalue weighted by Crippen LogP contribution is -2.09. The Morgan fingerprint density at radius 3 is 2.13 bits per heavy atom. The van der Waals surface area contributed by atoms with E-state index in [2.05, 4.69) is 15.9 Å². The van der Waals surface area contributed by atoms with Crippen LogP contribution < -0.4 is 5.14 Å². The number of halogens is 1. The van der Waals surface area contributed by atoms with E-state index in [-0.39, 0.29) is 4.21 Å². The van der Waals surface area contributed by atoms with Crippen LogP contribution >= 0.6 is 38.6 Å². The SMILES string of the molecule is NS(=O)(=O)c1ccc(-c2ccc(Br)s2)s1. The number of hydrogen-bond acceptors (Lipinski definition) is 4. The summed E-state index contributed by atoms with van der Waals surface area (Å²) >= 11 is 6.10. The molecule has 0 aromatic carbocycles. The molecule has 2 aromatic heterocycles. The van der Waals surface area contributed by atoms with Crippen molar-refractivity contribution in [2.24, 2.45) is 5.14 Å². The fraction of sp³-hybridized carbons (Fsp3) is 0. The van der Waals surface area contributed by atoms with Crippen molar-refractivity contribution < 1.29 is 8.42 Å². The molecule has 0 spiro atoms. The predicted molar refractivity (Wildman–Crippen MR) is 66.7 cm³/mol. The number of thiophene rings is 2. The molecule has 0 atom stereocenters. The minimum absolute atomic E-state index is 0.196. The molecule has 80 valence electrons. The van der Waals surface area contributed by atoms with E-state index >= 15 is 0 Å². The smallest absolute Gasteiger partial charge is 0.224 e. The van der Waals surface area contributed by atoms with Gasteiger partial charge in [0.15, 0.2) is 0 Å². The van der Waals surface area contributed by atoms with Crippen LogP contribution in [-0.4, -0.2) is 8.42 Å². The summed E-state index contributed by atoms with van der Waals surface area (Å²) in [7, 11) is -3.57. The number of primary sulfonamides is 1. The van der Waals surface area contributed by atoms with Crippen LogP contribution in [0.4, 0.5) is 0 Å². The molecule has 0 radical (unpaired) electrons. The van der Waals surface area contributed by atoms with Gasteiger partial charge in [0.25, 0.3) is 0 Å². The largest absolute Gasteiger partial charge is 0.247 e. The molecule has 0 aliphatic heterocycles. The van der Waals surface area contributed by atoms with E-state index in [4.69, 9.17) is 5.14 Å². The maximum atomic E-state index is 11.1. The van der Waals surface area contributed by atoms with Gasteiger partial charge in [0, 0.05) is 9.75 Å². The highest BCUT2D eigenvalue weighted by Crippen LogP contribution is 2.36. The number of nitrogens with two attached hydrogens (primary N) is 1. The van der Waals surface area contributed by atoms with Gasteiger partial charge in [-0.3, -0.25) is 0 Å². The van der Waals surface area contributed by atoms with Gasteiger partial charge in [-0.2, -0.15) is 0 Å². The van der Waals surface area contributed by atoms with Gasteiger partial charge >= 0.3 is 0 Å². The second kappa shape index (κ2) is 3.99. The molecule has 0 amide bonds. The Bertz CT molecular complexity index is 585.